The molecular weight excluding hydrogens is 320 g/mol. The van der Waals surface area contributed by atoms with Gasteiger partial charge in [0.05, 0.1) is 4.92 Å². The van der Waals surface area contributed by atoms with E-state index >= 15 is 0 Å². The molecule has 7 nitrogen and oxygen atoms in total. The number of benzene rings is 1. The largest absolute Gasteiger partial charge is 0.396 e. The van der Waals surface area contributed by atoms with Gasteiger partial charge in [-0.25, -0.2) is 9.97 Å². The van der Waals surface area contributed by atoms with Crippen molar-refractivity contribution in [2.24, 2.45) is 0 Å². The highest BCUT2D eigenvalue weighted by Crippen LogP contribution is 2.32. The van der Waals surface area contributed by atoms with Gasteiger partial charge in [-0.3, -0.25) is 10.1 Å². The molecule has 0 radical (unpaired) electrons. The molecule has 1 aromatic carbocycles. The van der Waals surface area contributed by atoms with Crippen molar-refractivity contribution in [3.05, 3.63) is 46.1 Å². The number of aryl methyl sites for hydroxylation is 1. The first-order valence-electron chi connectivity index (χ1n) is 8.56. The summed E-state index contributed by atoms with van der Waals surface area (Å²) in [4.78, 5) is 22.0. The van der Waals surface area contributed by atoms with Crippen LogP contribution in [0.15, 0.2) is 30.3 Å². The molecule has 0 saturated heterocycles. The van der Waals surface area contributed by atoms with Gasteiger partial charge in [0, 0.05) is 48.6 Å². The average molecular weight is 342 g/mol. The lowest BCUT2D eigenvalue weighted by atomic mass is 10.2. The van der Waals surface area contributed by atoms with Crippen molar-refractivity contribution >= 4 is 11.5 Å². The molecule has 1 N–H and O–H groups in total. The van der Waals surface area contributed by atoms with Gasteiger partial charge >= 0.3 is 0 Å². The molecule has 132 valence electrons. The van der Waals surface area contributed by atoms with Crippen molar-refractivity contribution in [1.29, 1.82) is 0 Å². The number of non-ortho nitro benzene ring substituents is 1. The van der Waals surface area contributed by atoms with Crippen LogP contribution in [-0.2, 0) is 0 Å². The molecule has 0 spiro atoms. The Balaban J connectivity index is 1.91. The van der Waals surface area contributed by atoms with E-state index in [2.05, 4.69) is 14.9 Å². The summed E-state index contributed by atoms with van der Waals surface area (Å²) in [6.45, 7) is 2.95. The standard InChI is InChI=1S/C18H22N4O3/c1-13-11-17(21(15-7-8-15)9-2-3-10-23)20-18(19-13)14-5-4-6-16(12-14)22(24)25/h4-6,11-12,15,23H,2-3,7-10H2,1H3. The molecule has 1 aliphatic carbocycles. The fraction of sp³-hybridized carbons (Fsp3) is 0.444. The summed E-state index contributed by atoms with van der Waals surface area (Å²) in [6.07, 6.45) is 3.97. The average Bonchev–Trinajstić information content (AvgIpc) is 3.43. The summed E-state index contributed by atoms with van der Waals surface area (Å²) < 4.78 is 0. The fourth-order valence-corrected chi connectivity index (χ4v) is 2.85. The minimum atomic E-state index is -0.411. The van der Waals surface area contributed by atoms with Crippen LogP contribution in [0.1, 0.15) is 31.4 Å². The number of hydrogen-bond donors (Lipinski definition) is 1. The van der Waals surface area contributed by atoms with Crippen molar-refractivity contribution in [2.75, 3.05) is 18.1 Å². The van der Waals surface area contributed by atoms with Crippen LogP contribution in [0.3, 0.4) is 0 Å². The Hall–Kier alpha value is -2.54. The van der Waals surface area contributed by atoms with E-state index < -0.39 is 4.92 Å². The van der Waals surface area contributed by atoms with Crippen molar-refractivity contribution < 1.29 is 10.0 Å². The van der Waals surface area contributed by atoms with E-state index in [0.29, 0.717) is 17.4 Å². The number of aromatic nitrogens is 2. The van der Waals surface area contributed by atoms with Crippen molar-refractivity contribution in [1.82, 2.24) is 9.97 Å². The van der Waals surface area contributed by atoms with Gasteiger partial charge in [-0.15, -0.1) is 0 Å². The summed E-state index contributed by atoms with van der Waals surface area (Å²) >= 11 is 0. The van der Waals surface area contributed by atoms with E-state index in [4.69, 9.17) is 5.11 Å². The predicted molar refractivity (Wildman–Crippen MR) is 95.5 cm³/mol. The molecule has 1 fully saturated rings. The summed E-state index contributed by atoms with van der Waals surface area (Å²) in [7, 11) is 0. The second-order valence-electron chi connectivity index (χ2n) is 6.35. The van der Waals surface area contributed by atoms with Crippen LogP contribution < -0.4 is 4.90 Å². The number of rotatable bonds is 8. The number of aliphatic hydroxyl groups is 1. The molecule has 1 aromatic heterocycles. The van der Waals surface area contributed by atoms with Gasteiger partial charge in [0.2, 0.25) is 0 Å². The van der Waals surface area contributed by atoms with E-state index in [9.17, 15) is 10.1 Å². The number of nitrogens with zero attached hydrogens (tertiary/aromatic N) is 4. The second-order valence-corrected chi connectivity index (χ2v) is 6.35. The summed E-state index contributed by atoms with van der Waals surface area (Å²) in [5.41, 5.74) is 1.51. The Morgan fingerprint density at radius 3 is 2.76 bits per heavy atom. The highest BCUT2D eigenvalue weighted by molar-refractivity contribution is 5.61. The van der Waals surface area contributed by atoms with Crippen LogP contribution >= 0.6 is 0 Å². The fourth-order valence-electron chi connectivity index (χ4n) is 2.85. The van der Waals surface area contributed by atoms with Crippen molar-refractivity contribution in [2.45, 2.75) is 38.6 Å². The SMILES string of the molecule is Cc1cc(N(CCCCO)C2CC2)nc(-c2cccc([N+](=O)[O-])c2)n1. The van der Waals surface area contributed by atoms with E-state index in [-0.39, 0.29) is 12.3 Å². The van der Waals surface area contributed by atoms with Crippen LogP contribution in [0, 0.1) is 17.0 Å². The molecule has 3 rings (SSSR count). The van der Waals surface area contributed by atoms with Gasteiger partial charge in [0.25, 0.3) is 5.69 Å². The lowest BCUT2D eigenvalue weighted by Gasteiger charge is -2.24. The number of aliphatic hydroxyl groups excluding tert-OH is 1. The molecule has 0 aliphatic heterocycles. The number of unbranched alkanes of at least 4 members (excludes halogenated alkanes) is 1. The van der Waals surface area contributed by atoms with Gasteiger partial charge in [0.15, 0.2) is 5.82 Å². The molecule has 0 atom stereocenters. The third kappa shape index (κ3) is 4.30. The smallest absolute Gasteiger partial charge is 0.270 e. The minimum absolute atomic E-state index is 0.0335. The maximum atomic E-state index is 11.0. The monoisotopic (exact) mass is 342 g/mol. The van der Waals surface area contributed by atoms with Crippen LogP contribution in [0.4, 0.5) is 11.5 Å². The molecule has 1 heterocycles. The molecule has 0 unspecified atom stereocenters. The molecule has 1 aliphatic rings. The quantitative estimate of drug-likeness (QED) is 0.450. The molecule has 25 heavy (non-hydrogen) atoms. The summed E-state index contributed by atoms with van der Waals surface area (Å²) in [6, 6.07) is 8.86. The van der Waals surface area contributed by atoms with Crippen molar-refractivity contribution in [3.63, 3.8) is 0 Å². The number of nitro groups is 1. The first-order valence-corrected chi connectivity index (χ1v) is 8.56. The molecular formula is C18H22N4O3. The zero-order chi connectivity index (χ0) is 17.8. The highest BCUT2D eigenvalue weighted by Gasteiger charge is 2.30. The van der Waals surface area contributed by atoms with Gasteiger partial charge in [-0.2, -0.15) is 0 Å². The Kier molecular flexibility index (Phi) is 5.23. The minimum Gasteiger partial charge on any atom is -0.396 e. The first kappa shape index (κ1) is 17.3. The molecule has 1 saturated carbocycles. The number of nitro benzene ring substituents is 1. The lowest BCUT2D eigenvalue weighted by Crippen LogP contribution is -2.28. The van der Waals surface area contributed by atoms with Gasteiger partial charge < -0.3 is 10.0 Å². The molecule has 0 bridgehead atoms. The maximum Gasteiger partial charge on any atom is 0.270 e. The Labute approximate surface area is 146 Å². The first-order chi connectivity index (χ1) is 12.1. The van der Waals surface area contributed by atoms with Crippen LogP contribution in [0.25, 0.3) is 11.4 Å². The van der Waals surface area contributed by atoms with Crippen LogP contribution in [0.2, 0.25) is 0 Å². The molecule has 0 amide bonds. The third-order valence-corrected chi connectivity index (χ3v) is 4.24. The maximum absolute atomic E-state index is 11.0. The van der Waals surface area contributed by atoms with E-state index in [1.807, 2.05) is 13.0 Å². The summed E-state index contributed by atoms with van der Waals surface area (Å²) in [5.74, 6) is 1.36. The second kappa shape index (κ2) is 7.57. The topological polar surface area (TPSA) is 92.4 Å². The molecule has 7 heteroatoms. The lowest BCUT2D eigenvalue weighted by molar-refractivity contribution is -0.384. The van der Waals surface area contributed by atoms with Crippen LogP contribution in [-0.4, -0.2) is 39.2 Å². The highest BCUT2D eigenvalue weighted by atomic mass is 16.6. The third-order valence-electron chi connectivity index (χ3n) is 4.24. The van der Waals surface area contributed by atoms with E-state index in [1.165, 1.54) is 12.1 Å². The van der Waals surface area contributed by atoms with Gasteiger partial charge in [-0.1, -0.05) is 12.1 Å². The van der Waals surface area contributed by atoms with Crippen molar-refractivity contribution in [3.8, 4) is 11.4 Å². The summed E-state index contributed by atoms with van der Waals surface area (Å²) in [5, 5.41) is 20.0. The van der Waals surface area contributed by atoms with Crippen LogP contribution in [0.5, 0.6) is 0 Å². The Morgan fingerprint density at radius 2 is 2.08 bits per heavy atom. The zero-order valence-electron chi connectivity index (χ0n) is 14.3. The van der Waals surface area contributed by atoms with E-state index in [0.717, 1.165) is 43.7 Å². The Bertz CT molecular complexity index is 762. The van der Waals surface area contributed by atoms with Gasteiger partial charge in [0.1, 0.15) is 5.82 Å². The normalized spacial score (nSPS) is 13.7. The zero-order valence-corrected chi connectivity index (χ0v) is 14.3. The number of anilines is 1. The van der Waals surface area contributed by atoms with Gasteiger partial charge in [-0.05, 0) is 32.6 Å². The Morgan fingerprint density at radius 1 is 1.28 bits per heavy atom. The predicted octanol–water partition coefficient (Wildman–Crippen LogP) is 3.10. The number of hydrogen-bond acceptors (Lipinski definition) is 6. The van der Waals surface area contributed by atoms with E-state index in [1.54, 1.807) is 12.1 Å². The molecule has 2 aromatic rings.